The molecule has 0 aliphatic carbocycles. The third-order valence-corrected chi connectivity index (χ3v) is 1.79. The minimum Gasteiger partial charge on any atom is -0.338 e. The predicted octanol–water partition coefficient (Wildman–Crippen LogP) is 2.28. The standard InChI is InChI=1S/C10H13FN2O/c1-3-12-10(14)13-9-6-8(11)5-4-7(9)2/h4-6H,3H2,1-2H3,(H2,12,13,14). The smallest absolute Gasteiger partial charge is 0.319 e. The van der Waals surface area contributed by atoms with Crippen LogP contribution >= 0.6 is 0 Å². The lowest BCUT2D eigenvalue weighted by Gasteiger charge is -2.08. The molecule has 76 valence electrons. The number of nitrogens with one attached hydrogen (secondary N) is 2. The van der Waals surface area contributed by atoms with Gasteiger partial charge in [0.25, 0.3) is 0 Å². The third-order valence-electron chi connectivity index (χ3n) is 1.79. The van der Waals surface area contributed by atoms with E-state index in [9.17, 15) is 9.18 Å². The summed E-state index contributed by atoms with van der Waals surface area (Å²) >= 11 is 0. The number of anilines is 1. The van der Waals surface area contributed by atoms with Crippen LogP contribution < -0.4 is 10.6 Å². The Morgan fingerprint density at radius 1 is 1.50 bits per heavy atom. The first kappa shape index (κ1) is 10.5. The number of hydrogen-bond donors (Lipinski definition) is 2. The predicted molar refractivity (Wildman–Crippen MR) is 53.8 cm³/mol. The molecule has 2 amide bonds. The Kier molecular flexibility index (Phi) is 3.45. The van der Waals surface area contributed by atoms with Gasteiger partial charge in [-0.15, -0.1) is 0 Å². The van der Waals surface area contributed by atoms with E-state index in [1.165, 1.54) is 12.1 Å². The van der Waals surface area contributed by atoms with E-state index in [2.05, 4.69) is 10.6 Å². The maximum Gasteiger partial charge on any atom is 0.319 e. The third kappa shape index (κ3) is 2.73. The highest BCUT2D eigenvalue weighted by Crippen LogP contribution is 2.15. The molecule has 0 aromatic heterocycles. The van der Waals surface area contributed by atoms with Crippen LogP contribution in [0.25, 0.3) is 0 Å². The summed E-state index contributed by atoms with van der Waals surface area (Å²) in [4.78, 5) is 11.1. The van der Waals surface area contributed by atoms with Gasteiger partial charge in [-0.05, 0) is 31.5 Å². The van der Waals surface area contributed by atoms with Gasteiger partial charge in [-0.2, -0.15) is 0 Å². The van der Waals surface area contributed by atoms with Gasteiger partial charge < -0.3 is 10.6 Å². The topological polar surface area (TPSA) is 41.1 Å². The van der Waals surface area contributed by atoms with E-state index in [0.717, 1.165) is 5.56 Å². The van der Waals surface area contributed by atoms with Crippen LogP contribution in [0.3, 0.4) is 0 Å². The molecule has 14 heavy (non-hydrogen) atoms. The number of hydrogen-bond acceptors (Lipinski definition) is 1. The van der Waals surface area contributed by atoms with Crippen LogP contribution in [0.4, 0.5) is 14.9 Å². The molecule has 1 aromatic rings. The van der Waals surface area contributed by atoms with Crippen LogP contribution in [0.5, 0.6) is 0 Å². The fraction of sp³-hybridized carbons (Fsp3) is 0.300. The molecule has 0 aliphatic rings. The molecular weight excluding hydrogens is 183 g/mol. The summed E-state index contributed by atoms with van der Waals surface area (Å²) in [7, 11) is 0. The summed E-state index contributed by atoms with van der Waals surface area (Å²) in [6.07, 6.45) is 0. The van der Waals surface area contributed by atoms with Gasteiger partial charge in [0, 0.05) is 12.2 Å². The average molecular weight is 196 g/mol. The number of benzene rings is 1. The van der Waals surface area contributed by atoms with E-state index in [-0.39, 0.29) is 11.8 Å². The molecule has 0 saturated heterocycles. The first-order valence-electron chi connectivity index (χ1n) is 4.44. The summed E-state index contributed by atoms with van der Waals surface area (Å²) in [5.74, 6) is -0.359. The summed E-state index contributed by atoms with van der Waals surface area (Å²) in [6, 6.07) is 3.96. The minimum atomic E-state index is -0.359. The second kappa shape index (κ2) is 4.60. The van der Waals surface area contributed by atoms with Gasteiger partial charge >= 0.3 is 6.03 Å². The molecule has 0 fully saturated rings. The lowest BCUT2D eigenvalue weighted by Crippen LogP contribution is -2.28. The number of halogens is 1. The van der Waals surface area contributed by atoms with Crippen molar-refractivity contribution in [1.29, 1.82) is 0 Å². The highest BCUT2D eigenvalue weighted by Gasteiger charge is 2.03. The summed E-state index contributed by atoms with van der Waals surface area (Å²) in [5, 5.41) is 5.13. The highest BCUT2D eigenvalue weighted by atomic mass is 19.1. The Labute approximate surface area is 82.3 Å². The van der Waals surface area contributed by atoms with E-state index in [1.54, 1.807) is 13.0 Å². The van der Waals surface area contributed by atoms with Gasteiger partial charge in [0.15, 0.2) is 0 Å². The summed E-state index contributed by atoms with van der Waals surface area (Å²) in [5.41, 5.74) is 1.33. The van der Waals surface area contributed by atoms with Gasteiger partial charge in [-0.25, -0.2) is 9.18 Å². The monoisotopic (exact) mass is 196 g/mol. The lowest BCUT2D eigenvalue weighted by atomic mass is 10.2. The van der Waals surface area contributed by atoms with Crippen molar-refractivity contribution in [2.45, 2.75) is 13.8 Å². The SMILES string of the molecule is CCNC(=O)Nc1cc(F)ccc1C. The van der Waals surface area contributed by atoms with Crippen molar-refractivity contribution < 1.29 is 9.18 Å². The Bertz CT molecular complexity index is 339. The van der Waals surface area contributed by atoms with E-state index in [0.29, 0.717) is 12.2 Å². The van der Waals surface area contributed by atoms with E-state index >= 15 is 0 Å². The largest absolute Gasteiger partial charge is 0.338 e. The van der Waals surface area contributed by atoms with Crippen LogP contribution in [0.1, 0.15) is 12.5 Å². The number of carbonyl (C=O) groups excluding carboxylic acids is 1. The van der Waals surface area contributed by atoms with Gasteiger partial charge in [0.2, 0.25) is 0 Å². The molecule has 0 spiro atoms. The Morgan fingerprint density at radius 3 is 2.86 bits per heavy atom. The number of carbonyl (C=O) groups is 1. The zero-order chi connectivity index (χ0) is 10.6. The number of amides is 2. The lowest BCUT2D eigenvalue weighted by molar-refractivity contribution is 0.252. The Morgan fingerprint density at radius 2 is 2.21 bits per heavy atom. The van der Waals surface area contributed by atoms with Crippen LogP contribution in [0, 0.1) is 12.7 Å². The number of rotatable bonds is 2. The van der Waals surface area contributed by atoms with Crippen molar-refractivity contribution in [3.8, 4) is 0 Å². The van der Waals surface area contributed by atoms with Gasteiger partial charge in [-0.1, -0.05) is 6.07 Å². The quantitative estimate of drug-likeness (QED) is 0.748. The fourth-order valence-electron chi connectivity index (χ4n) is 1.06. The van der Waals surface area contributed by atoms with Crippen molar-refractivity contribution in [3.05, 3.63) is 29.6 Å². The minimum absolute atomic E-state index is 0.318. The van der Waals surface area contributed by atoms with E-state index in [1.807, 2.05) is 6.92 Å². The normalized spacial score (nSPS) is 9.64. The van der Waals surface area contributed by atoms with Gasteiger partial charge in [0.05, 0.1) is 0 Å². The van der Waals surface area contributed by atoms with Gasteiger partial charge in [0.1, 0.15) is 5.82 Å². The van der Waals surface area contributed by atoms with E-state index in [4.69, 9.17) is 0 Å². The molecular formula is C10H13FN2O. The first-order valence-corrected chi connectivity index (χ1v) is 4.44. The Balaban J connectivity index is 2.75. The molecule has 2 N–H and O–H groups in total. The molecule has 1 aromatic carbocycles. The maximum atomic E-state index is 12.8. The highest BCUT2D eigenvalue weighted by molar-refractivity contribution is 5.89. The zero-order valence-electron chi connectivity index (χ0n) is 8.23. The molecule has 3 nitrogen and oxygen atoms in total. The molecule has 0 radical (unpaired) electrons. The van der Waals surface area contributed by atoms with Gasteiger partial charge in [-0.3, -0.25) is 0 Å². The van der Waals surface area contributed by atoms with Crippen LogP contribution in [0.15, 0.2) is 18.2 Å². The van der Waals surface area contributed by atoms with E-state index < -0.39 is 0 Å². The molecule has 1 rings (SSSR count). The van der Waals surface area contributed by atoms with Crippen molar-refractivity contribution in [1.82, 2.24) is 5.32 Å². The molecule has 4 heteroatoms. The number of urea groups is 1. The fourth-order valence-corrected chi connectivity index (χ4v) is 1.06. The van der Waals surface area contributed by atoms with Crippen LogP contribution in [-0.4, -0.2) is 12.6 Å². The summed E-state index contributed by atoms with van der Waals surface area (Å²) < 4.78 is 12.8. The second-order valence-electron chi connectivity index (χ2n) is 2.94. The maximum absolute atomic E-state index is 12.8. The molecule has 0 heterocycles. The molecule has 0 unspecified atom stereocenters. The van der Waals surface area contributed by atoms with Crippen LogP contribution in [-0.2, 0) is 0 Å². The molecule has 0 bridgehead atoms. The van der Waals surface area contributed by atoms with Crippen molar-refractivity contribution in [2.24, 2.45) is 0 Å². The van der Waals surface area contributed by atoms with Crippen molar-refractivity contribution >= 4 is 11.7 Å². The number of aryl methyl sites for hydroxylation is 1. The van der Waals surface area contributed by atoms with Crippen LogP contribution in [0.2, 0.25) is 0 Å². The molecule has 0 aliphatic heterocycles. The summed E-state index contributed by atoms with van der Waals surface area (Å²) in [6.45, 7) is 4.17. The zero-order valence-corrected chi connectivity index (χ0v) is 8.23. The average Bonchev–Trinajstić information content (AvgIpc) is 2.12. The van der Waals surface area contributed by atoms with Crippen molar-refractivity contribution in [3.63, 3.8) is 0 Å². The Hall–Kier alpha value is -1.58. The second-order valence-corrected chi connectivity index (χ2v) is 2.94. The first-order chi connectivity index (χ1) is 6.63. The molecule has 0 saturated carbocycles. The van der Waals surface area contributed by atoms with Crippen molar-refractivity contribution in [2.75, 3.05) is 11.9 Å². The molecule has 0 atom stereocenters.